The van der Waals surface area contributed by atoms with Crippen LogP contribution in [0.2, 0.25) is 0 Å². The summed E-state index contributed by atoms with van der Waals surface area (Å²) in [6, 6.07) is 9.72. The molecular weight excluding hydrogens is 284 g/mol. The fraction of sp³-hybridized carbons (Fsp3) is 0.118. The van der Waals surface area contributed by atoms with E-state index in [1.807, 2.05) is 0 Å². The molecule has 22 heavy (non-hydrogen) atoms. The number of methoxy groups -OCH3 is 2. The number of benzene rings is 2. The van der Waals surface area contributed by atoms with E-state index in [1.54, 1.807) is 42.5 Å². The Morgan fingerprint density at radius 3 is 2.32 bits per heavy atom. The van der Waals surface area contributed by atoms with Crippen LogP contribution in [0.5, 0.6) is 17.2 Å². The van der Waals surface area contributed by atoms with Gasteiger partial charge in [-0.25, -0.2) is 4.79 Å². The van der Waals surface area contributed by atoms with Crippen molar-refractivity contribution in [3.8, 4) is 17.2 Å². The van der Waals surface area contributed by atoms with Crippen LogP contribution >= 0.6 is 0 Å². The van der Waals surface area contributed by atoms with Gasteiger partial charge in [0.15, 0.2) is 0 Å². The fourth-order valence-electron chi connectivity index (χ4n) is 2.00. The van der Waals surface area contributed by atoms with E-state index >= 15 is 0 Å². The average molecular weight is 300 g/mol. The van der Waals surface area contributed by atoms with E-state index in [1.165, 1.54) is 20.3 Å². The molecule has 0 heterocycles. The number of carbonyl (C=O) groups excluding carboxylic acids is 1. The van der Waals surface area contributed by atoms with Gasteiger partial charge in [0.25, 0.3) is 0 Å². The second kappa shape index (κ2) is 6.67. The molecule has 2 aromatic carbocycles. The number of aromatic hydroxyl groups is 2. The SMILES string of the molecule is COC(=O)c1c(O)cc(OC)cc1C=Cc1ccccc1O. The van der Waals surface area contributed by atoms with Crippen molar-refractivity contribution in [2.45, 2.75) is 0 Å². The van der Waals surface area contributed by atoms with E-state index in [-0.39, 0.29) is 17.1 Å². The molecule has 0 bridgehead atoms. The highest BCUT2D eigenvalue weighted by molar-refractivity contribution is 5.98. The highest BCUT2D eigenvalue weighted by atomic mass is 16.5. The van der Waals surface area contributed by atoms with Crippen molar-refractivity contribution < 1.29 is 24.5 Å². The average Bonchev–Trinajstić information content (AvgIpc) is 2.52. The lowest BCUT2D eigenvalue weighted by Crippen LogP contribution is -2.04. The van der Waals surface area contributed by atoms with Crippen LogP contribution in [0.4, 0.5) is 0 Å². The fourth-order valence-corrected chi connectivity index (χ4v) is 2.00. The number of esters is 1. The van der Waals surface area contributed by atoms with Gasteiger partial charge in [0.05, 0.1) is 14.2 Å². The van der Waals surface area contributed by atoms with Crippen molar-refractivity contribution in [1.82, 2.24) is 0 Å². The van der Waals surface area contributed by atoms with Gasteiger partial charge in [-0.1, -0.05) is 30.4 Å². The Kier molecular flexibility index (Phi) is 4.68. The molecule has 2 N–H and O–H groups in total. The minimum Gasteiger partial charge on any atom is -0.507 e. The van der Waals surface area contributed by atoms with Gasteiger partial charge in [0, 0.05) is 11.6 Å². The number of hydrogen-bond donors (Lipinski definition) is 2. The summed E-state index contributed by atoms with van der Waals surface area (Å²) in [4.78, 5) is 11.8. The molecule has 0 saturated carbocycles. The first-order valence-corrected chi connectivity index (χ1v) is 6.52. The molecule has 0 unspecified atom stereocenters. The number of hydrogen-bond acceptors (Lipinski definition) is 5. The van der Waals surface area contributed by atoms with Crippen LogP contribution in [0.1, 0.15) is 21.5 Å². The first-order chi connectivity index (χ1) is 10.6. The van der Waals surface area contributed by atoms with Crippen LogP contribution in [0.3, 0.4) is 0 Å². The number of rotatable bonds is 4. The molecule has 0 aromatic heterocycles. The number of phenolic OH excluding ortho intramolecular Hbond substituents is 2. The van der Waals surface area contributed by atoms with E-state index in [9.17, 15) is 15.0 Å². The predicted molar refractivity (Wildman–Crippen MR) is 83.0 cm³/mol. The van der Waals surface area contributed by atoms with Crippen molar-refractivity contribution in [3.63, 3.8) is 0 Å². The lowest BCUT2D eigenvalue weighted by molar-refractivity contribution is 0.0597. The smallest absolute Gasteiger partial charge is 0.342 e. The van der Waals surface area contributed by atoms with E-state index in [2.05, 4.69) is 4.74 Å². The monoisotopic (exact) mass is 300 g/mol. The number of ether oxygens (including phenoxy) is 2. The zero-order valence-electron chi connectivity index (χ0n) is 12.2. The second-order valence-electron chi connectivity index (χ2n) is 4.49. The van der Waals surface area contributed by atoms with Crippen LogP contribution in [-0.4, -0.2) is 30.4 Å². The predicted octanol–water partition coefficient (Wildman–Crippen LogP) is 3.06. The molecule has 0 aliphatic heterocycles. The summed E-state index contributed by atoms with van der Waals surface area (Å²) in [5.41, 5.74) is 1.04. The van der Waals surface area contributed by atoms with Crippen LogP contribution in [0, 0.1) is 0 Å². The minimum atomic E-state index is -0.655. The Morgan fingerprint density at radius 1 is 1.00 bits per heavy atom. The summed E-state index contributed by atoms with van der Waals surface area (Å²) in [5, 5.41) is 19.7. The van der Waals surface area contributed by atoms with Crippen LogP contribution in [0.25, 0.3) is 12.2 Å². The summed E-state index contributed by atoms with van der Waals surface area (Å²) in [6.45, 7) is 0. The standard InChI is InChI=1S/C17H16O5/c1-21-13-9-12(16(15(19)10-13)17(20)22-2)8-7-11-5-3-4-6-14(11)18/h3-10,18-19H,1-2H3. The van der Waals surface area contributed by atoms with Gasteiger partial charge in [-0.15, -0.1) is 0 Å². The minimum absolute atomic E-state index is 0.0370. The van der Waals surface area contributed by atoms with E-state index in [0.29, 0.717) is 16.9 Å². The van der Waals surface area contributed by atoms with Crippen molar-refractivity contribution in [1.29, 1.82) is 0 Å². The molecule has 0 spiro atoms. The highest BCUT2D eigenvalue weighted by Gasteiger charge is 2.17. The summed E-state index contributed by atoms with van der Waals surface area (Å²) in [5.74, 6) is -0.368. The zero-order chi connectivity index (χ0) is 16.1. The Bertz CT molecular complexity index is 719. The van der Waals surface area contributed by atoms with E-state index in [0.717, 1.165) is 0 Å². The second-order valence-corrected chi connectivity index (χ2v) is 4.49. The topological polar surface area (TPSA) is 76.0 Å². The normalized spacial score (nSPS) is 10.6. The van der Waals surface area contributed by atoms with Gasteiger partial charge in [0.2, 0.25) is 0 Å². The highest BCUT2D eigenvalue weighted by Crippen LogP contribution is 2.30. The van der Waals surface area contributed by atoms with Crippen molar-refractivity contribution in [2.75, 3.05) is 14.2 Å². The lowest BCUT2D eigenvalue weighted by atomic mass is 10.0. The Hall–Kier alpha value is -2.95. The summed E-state index contributed by atoms with van der Waals surface area (Å²) < 4.78 is 9.77. The maximum Gasteiger partial charge on any atom is 0.342 e. The number of carbonyl (C=O) groups is 1. The van der Waals surface area contributed by atoms with Gasteiger partial charge in [-0.2, -0.15) is 0 Å². The Balaban J connectivity index is 2.51. The molecular formula is C17H16O5. The van der Waals surface area contributed by atoms with Crippen molar-refractivity contribution in [2.24, 2.45) is 0 Å². The molecule has 0 saturated heterocycles. The maximum absolute atomic E-state index is 11.8. The molecule has 0 aliphatic rings. The Labute approximate surface area is 128 Å². The molecule has 0 atom stereocenters. The van der Waals surface area contributed by atoms with Gasteiger partial charge in [0.1, 0.15) is 22.8 Å². The van der Waals surface area contributed by atoms with Crippen molar-refractivity contribution in [3.05, 3.63) is 53.1 Å². The molecule has 0 aliphatic carbocycles. The van der Waals surface area contributed by atoms with Gasteiger partial charge >= 0.3 is 5.97 Å². The van der Waals surface area contributed by atoms with Gasteiger partial charge in [-0.05, 0) is 17.7 Å². The largest absolute Gasteiger partial charge is 0.507 e. The lowest BCUT2D eigenvalue weighted by Gasteiger charge is -2.09. The third-order valence-corrected chi connectivity index (χ3v) is 3.13. The first-order valence-electron chi connectivity index (χ1n) is 6.52. The molecule has 2 aromatic rings. The molecule has 114 valence electrons. The molecule has 2 rings (SSSR count). The third kappa shape index (κ3) is 3.20. The number of para-hydroxylation sites is 1. The molecule has 0 radical (unpaired) electrons. The summed E-state index contributed by atoms with van der Waals surface area (Å²) in [6.07, 6.45) is 3.24. The van der Waals surface area contributed by atoms with Crippen LogP contribution < -0.4 is 4.74 Å². The van der Waals surface area contributed by atoms with Gasteiger partial charge < -0.3 is 19.7 Å². The van der Waals surface area contributed by atoms with Crippen molar-refractivity contribution >= 4 is 18.1 Å². The zero-order valence-corrected chi connectivity index (χ0v) is 12.2. The molecule has 5 nitrogen and oxygen atoms in total. The van der Waals surface area contributed by atoms with E-state index in [4.69, 9.17) is 4.74 Å². The number of phenols is 2. The quantitative estimate of drug-likeness (QED) is 0.670. The summed E-state index contributed by atoms with van der Waals surface area (Å²) in [7, 11) is 2.70. The molecule has 0 fully saturated rings. The molecule has 0 amide bonds. The van der Waals surface area contributed by atoms with Crippen LogP contribution in [0.15, 0.2) is 36.4 Å². The van der Waals surface area contributed by atoms with Gasteiger partial charge in [-0.3, -0.25) is 0 Å². The van der Waals surface area contributed by atoms with E-state index < -0.39 is 5.97 Å². The molecule has 5 heteroatoms. The summed E-state index contributed by atoms with van der Waals surface area (Å²) >= 11 is 0. The third-order valence-electron chi connectivity index (χ3n) is 3.13. The first kappa shape index (κ1) is 15.4. The Morgan fingerprint density at radius 2 is 1.68 bits per heavy atom. The maximum atomic E-state index is 11.8. The van der Waals surface area contributed by atoms with Crippen LogP contribution in [-0.2, 0) is 4.74 Å².